The lowest BCUT2D eigenvalue weighted by molar-refractivity contribution is 0.276. The van der Waals surface area contributed by atoms with Crippen LogP contribution in [0.5, 0.6) is 5.75 Å². The van der Waals surface area contributed by atoms with Crippen molar-refractivity contribution in [1.82, 2.24) is 9.97 Å². The van der Waals surface area contributed by atoms with Crippen molar-refractivity contribution < 1.29 is 13.6 Å². The third kappa shape index (κ3) is 4.89. The van der Waals surface area contributed by atoms with E-state index in [9.17, 15) is 0 Å². The standard InChI is InChI=1S/C13H14ClIN3O3P/c1-19-22(20-2)21-11-6-4-3-5-9(11)7-16-12-10(15)8-17-13(14)18-12/h3-6,8H,7H2,1-2H3,(H,16,17,18). The van der Waals surface area contributed by atoms with Crippen LogP contribution in [-0.4, -0.2) is 24.2 Å². The second-order valence-corrected chi connectivity index (χ2v) is 6.84. The van der Waals surface area contributed by atoms with Gasteiger partial charge in [0.05, 0.1) is 3.57 Å². The summed E-state index contributed by atoms with van der Waals surface area (Å²) in [6, 6.07) is 7.64. The van der Waals surface area contributed by atoms with Crippen LogP contribution in [0.3, 0.4) is 0 Å². The van der Waals surface area contributed by atoms with Gasteiger partial charge in [0.1, 0.15) is 11.6 Å². The molecule has 0 aliphatic rings. The van der Waals surface area contributed by atoms with Crippen molar-refractivity contribution in [3.63, 3.8) is 0 Å². The van der Waals surface area contributed by atoms with Gasteiger partial charge in [-0.05, 0) is 40.3 Å². The third-order valence-electron chi connectivity index (χ3n) is 2.60. The zero-order valence-corrected chi connectivity index (χ0v) is 15.7. The van der Waals surface area contributed by atoms with E-state index < -0.39 is 8.60 Å². The lowest BCUT2D eigenvalue weighted by Gasteiger charge is -2.16. The van der Waals surface area contributed by atoms with Gasteiger partial charge in [-0.25, -0.2) is 4.98 Å². The van der Waals surface area contributed by atoms with Crippen LogP contribution in [0.25, 0.3) is 0 Å². The maximum absolute atomic E-state index is 5.82. The molecule has 1 heterocycles. The molecule has 1 N–H and O–H groups in total. The van der Waals surface area contributed by atoms with E-state index in [0.29, 0.717) is 18.1 Å². The normalized spacial score (nSPS) is 10.8. The Morgan fingerprint density at radius 2 is 2.00 bits per heavy atom. The SMILES string of the molecule is COP(OC)Oc1ccccc1CNc1nc(Cl)ncc1I. The second-order valence-electron chi connectivity index (χ2n) is 3.98. The Kier molecular flexibility index (Phi) is 7.04. The Morgan fingerprint density at radius 1 is 1.27 bits per heavy atom. The number of benzene rings is 1. The summed E-state index contributed by atoms with van der Waals surface area (Å²) >= 11 is 7.96. The molecule has 0 saturated carbocycles. The molecule has 0 bridgehead atoms. The van der Waals surface area contributed by atoms with E-state index in [2.05, 4.69) is 37.9 Å². The van der Waals surface area contributed by atoms with Gasteiger partial charge >= 0.3 is 8.60 Å². The third-order valence-corrected chi connectivity index (χ3v) is 4.52. The van der Waals surface area contributed by atoms with E-state index in [0.717, 1.165) is 9.13 Å². The molecule has 0 atom stereocenters. The average Bonchev–Trinajstić information content (AvgIpc) is 2.54. The fraction of sp³-hybridized carbons (Fsp3) is 0.231. The zero-order valence-electron chi connectivity index (χ0n) is 11.9. The summed E-state index contributed by atoms with van der Waals surface area (Å²) < 4.78 is 16.8. The first-order valence-electron chi connectivity index (χ1n) is 6.20. The molecule has 118 valence electrons. The lowest BCUT2D eigenvalue weighted by Crippen LogP contribution is -2.05. The fourth-order valence-corrected chi connectivity index (χ4v) is 2.84. The number of nitrogens with one attached hydrogen (secondary N) is 1. The van der Waals surface area contributed by atoms with Gasteiger partial charge in [0.2, 0.25) is 5.28 Å². The predicted octanol–water partition coefficient (Wildman–Crippen LogP) is 4.25. The van der Waals surface area contributed by atoms with Crippen LogP contribution in [0.4, 0.5) is 5.82 Å². The summed E-state index contributed by atoms with van der Waals surface area (Å²) in [6.07, 6.45) is 1.66. The van der Waals surface area contributed by atoms with Gasteiger partial charge in [0.15, 0.2) is 0 Å². The number of nitrogens with zero attached hydrogens (tertiary/aromatic N) is 2. The highest BCUT2D eigenvalue weighted by molar-refractivity contribution is 14.1. The van der Waals surface area contributed by atoms with Crippen molar-refractivity contribution in [3.8, 4) is 5.75 Å². The molecule has 0 spiro atoms. The van der Waals surface area contributed by atoms with E-state index in [-0.39, 0.29) is 5.28 Å². The molecule has 2 rings (SSSR count). The summed E-state index contributed by atoms with van der Waals surface area (Å²) in [7, 11) is 1.68. The van der Waals surface area contributed by atoms with Gasteiger partial charge in [-0.1, -0.05) is 18.2 Å². The summed E-state index contributed by atoms with van der Waals surface area (Å²) in [4.78, 5) is 8.09. The van der Waals surface area contributed by atoms with Crippen LogP contribution < -0.4 is 9.84 Å². The van der Waals surface area contributed by atoms with Crippen molar-refractivity contribution in [3.05, 3.63) is 44.9 Å². The molecule has 1 aromatic heterocycles. The first kappa shape index (κ1) is 17.6. The van der Waals surface area contributed by atoms with E-state index in [1.807, 2.05) is 24.3 Å². The molecule has 0 radical (unpaired) electrons. The molecular formula is C13H14ClIN3O3P. The molecular weight excluding hydrogens is 439 g/mol. The lowest BCUT2D eigenvalue weighted by atomic mass is 10.2. The Hall–Kier alpha value is -0.730. The molecule has 0 amide bonds. The monoisotopic (exact) mass is 453 g/mol. The summed E-state index contributed by atoms with van der Waals surface area (Å²) in [5, 5.41) is 3.43. The molecule has 6 nitrogen and oxygen atoms in total. The molecule has 0 aliphatic carbocycles. The summed E-state index contributed by atoms with van der Waals surface area (Å²) in [5.74, 6) is 1.37. The van der Waals surface area contributed by atoms with Crippen LogP contribution in [-0.2, 0) is 15.6 Å². The molecule has 22 heavy (non-hydrogen) atoms. The number of halogens is 2. The number of hydrogen-bond acceptors (Lipinski definition) is 6. The summed E-state index contributed by atoms with van der Waals surface area (Å²) in [5.41, 5.74) is 0.953. The van der Waals surface area contributed by atoms with Crippen molar-refractivity contribution >= 4 is 48.6 Å². The van der Waals surface area contributed by atoms with Crippen molar-refractivity contribution in [2.24, 2.45) is 0 Å². The topological polar surface area (TPSA) is 65.5 Å². The van der Waals surface area contributed by atoms with Gasteiger partial charge in [-0.3, -0.25) is 0 Å². The largest absolute Gasteiger partial charge is 0.426 e. The predicted molar refractivity (Wildman–Crippen MR) is 95.1 cm³/mol. The molecule has 0 unspecified atom stereocenters. The molecule has 0 saturated heterocycles. The smallest absolute Gasteiger partial charge is 0.396 e. The first-order valence-corrected chi connectivity index (χ1v) is 8.75. The van der Waals surface area contributed by atoms with Crippen molar-refractivity contribution in [1.29, 1.82) is 0 Å². The minimum absolute atomic E-state index is 0.203. The van der Waals surface area contributed by atoms with Crippen molar-refractivity contribution in [2.75, 3.05) is 19.5 Å². The summed E-state index contributed by atoms with van der Waals surface area (Å²) in [6.45, 7) is 0.524. The van der Waals surface area contributed by atoms with Crippen LogP contribution in [0.1, 0.15) is 5.56 Å². The van der Waals surface area contributed by atoms with E-state index in [1.165, 1.54) is 0 Å². The second kappa shape index (κ2) is 8.79. The van der Waals surface area contributed by atoms with Crippen LogP contribution in [0, 0.1) is 3.57 Å². The van der Waals surface area contributed by atoms with Crippen LogP contribution in [0.2, 0.25) is 5.28 Å². The highest BCUT2D eigenvalue weighted by Crippen LogP contribution is 2.40. The van der Waals surface area contributed by atoms with Gasteiger partial charge < -0.3 is 18.9 Å². The Morgan fingerprint density at radius 3 is 2.73 bits per heavy atom. The number of hydrogen-bond donors (Lipinski definition) is 1. The molecule has 0 aliphatic heterocycles. The molecule has 9 heteroatoms. The first-order chi connectivity index (χ1) is 10.6. The van der Waals surface area contributed by atoms with Crippen LogP contribution in [0.15, 0.2) is 30.5 Å². The Balaban J connectivity index is 2.11. The van der Waals surface area contributed by atoms with Crippen molar-refractivity contribution in [2.45, 2.75) is 6.54 Å². The maximum atomic E-state index is 5.82. The minimum atomic E-state index is -1.40. The maximum Gasteiger partial charge on any atom is 0.396 e. The quantitative estimate of drug-likeness (QED) is 0.384. The zero-order chi connectivity index (χ0) is 15.9. The number of aromatic nitrogens is 2. The van der Waals surface area contributed by atoms with Crippen LogP contribution >= 0.6 is 42.8 Å². The van der Waals surface area contributed by atoms with E-state index >= 15 is 0 Å². The molecule has 1 aromatic carbocycles. The highest BCUT2D eigenvalue weighted by Gasteiger charge is 2.13. The average molecular weight is 454 g/mol. The molecule has 0 fully saturated rings. The molecule has 2 aromatic rings. The highest BCUT2D eigenvalue weighted by atomic mass is 127. The number of para-hydroxylation sites is 1. The van der Waals surface area contributed by atoms with Gasteiger partial charge in [0.25, 0.3) is 0 Å². The number of anilines is 1. The van der Waals surface area contributed by atoms with Gasteiger partial charge in [-0.15, -0.1) is 0 Å². The van der Waals surface area contributed by atoms with Gasteiger partial charge in [-0.2, -0.15) is 4.98 Å². The minimum Gasteiger partial charge on any atom is -0.426 e. The van der Waals surface area contributed by atoms with E-state index in [1.54, 1.807) is 20.4 Å². The fourth-order valence-electron chi connectivity index (χ4n) is 1.62. The van der Waals surface area contributed by atoms with Gasteiger partial charge in [0, 0.05) is 32.5 Å². The van der Waals surface area contributed by atoms with E-state index in [4.69, 9.17) is 25.2 Å². The number of rotatable bonds is 7. The Labute approximate surface area is 148 Å². The Bertz CT molecular complexity index is 631.